The van der Waals surface area contributed by atoms with Gasteiger partial charge in [-0.3, -0.25) is 4.79 Å². The molecule has 102 valence electrons. The molecule has 1 aliphatic carbocycles. The zero-order valence-corrected chi connectivity index (χ0v) is 10.9. The van der Waals surface area contributed by atoms with Crippen molar-refractivity contribution in [3.05, 3.63) is 29.6 Å². The number of aromatic carboxylic acids is 1. The fourth-order valence-electron chi connectivity index (χ4n) is 1.93. The summed E-state index contributed by atoms with van der Waals surface area (Å²) in [7, 11) is 0. The second-order valence-corrected chi connectivity index (χ2v) is 5.13. The van der Waals surface area contributed by atoms with Crippen LogP contribution in [0.5, 0.6) is 0 Å². The van der Waals surface area contributed by atoms with Gasteiger partial charge in [0.1, 0.15) is 5.69 Å². The third-order valence-electron chi connectivity index (χ3n) is 3.33. The van der Waals surface area contributed by atoms with Gasteiger partial charge in [0, 0.05) is 12.2 Å². The molecule has 0 saturated heterocycles. The number of pyridine rings is 1. The Labute approximate surface area is 112 Å². The van der Waals surface area contributed by atoms with Crippen molar-refractivity contribution in [1.29, 1.82) is 0 Å². The first-order valence-electron chi connectivity index (χ1n) is 6.56. The average molecular weight is 262 g/mol. The maximum Gasteiger partial charge on any atom is 0.354 e. The molecule has 0 radical (unpaired) electrons. The molecule has 0 aliphatic heterocycles. The van der Waals surface area contributed by atoms with Crippen LogP contribution in [0.2, 0.25) is 0 Å². The van der Waals surface area contributed by atoms with Gasteiger partial charge in [-0.1, -0.05) is 12.8 Å². The summed E-state index contributed by atoms with van der Waals surface area (Å²) in [5.74, 6) is -0.437. The average Bonchev–Trinajstić information content (AvgIpc) is 3.20. The number of nitrogens with one attached hydrogen (secondary N) is 1. The fraction of sp³-hybridized carbons (Fsp3) is 0.500. The molecule has 2 N–H and O–H groups in total. The Balaban J connectivity index is 1.85. The van der Waals surface area contributed by atoms with Crippen LogP contribution in [0.4, 0.5) is 0 Å². The number of carbonyl (C=O) groups excluding carboxylic acids is 1. The minimum atomic E-state index is -1.09. The van der Waals surface area contributed by atoms with Gasteiger partial charge in [-0.2, -0.15) is 0 Å². The summed E-state index contributed by atoms with van der Waals surface area (Å²) < 4.78 is 0. The Bertz CT molecular complexity index is 466. The highest BCUT2D eigenvalue weighted by molar-refractivity contribution is 5.95. The summed E-state index contributed by atoms with van der Waals surface area (Å²) in [5, 5.41) is 11.6. The molecule has 1 atom stereocenters. The molecule has 1 unspecified atom stereocenters. The van der Waals surface area contributed by atoms with Crippen LogP contribution in [-0.2, 0) is 0 Å². The van der Waals surface area contributed by atoms with Gasteiger partial charge in [0.25, 0.3) is 5.91 Å². The van der Waals surface area contributed by atoms with Crippen molar-refractivity contribution in [3.8, 4) is 0 Å². The predicted octanol–water partition coefficient (Wildman–Crippen LogP) is 2.09. The van der Waals surface area contributed by atoms with Crippen LogP contribution < -0.4 is 5.32 Å². The first-order valence-corrected chi connectivity index (χ1v) is 6.56. The van der Waals surface area contributed by atoms with E-state index in [4.69, 9.17) is 5.11 Å². The van der Waals surface area contributed by atoms with Crippen molar-refractivity contribution < 1.29 is 14.7 Å². The Morgan fingerprint density at radius 1 is 1.47 bits per heavy atom. The second-order valence-electron chi connectivity index (χ2n) is 5.13. The Morgan fingerprint density at radius 2 is 2.21 bits per heavy atom. The van der Waals surface area contributed by atoms with Crippen molar-refractivity contribution in [1.82, 2.24) is 10.3 Å². The summed E-state index contributed by atoms with van der Waals surface area (Å²) in [6, 6.07) is 2.96. The van der Waals surface area contributed by atoms with E-state index in [1.165, 1.54) is 31.2 Å². The van der Waals surface area contributed by atoms with Gasteiger partial charge in [-0.25, -0.2) is 9.78 Å². The van der Waals surface area contributed by atoms with Gasteiger partial charge in [0.15, 0.2) is 0 Å². The van der Waals surface area contributed by atoms with E-state index in [9.17, 15) is 9.59 Å². The van der Waals surface area contributed by atoms with Gasteiger partial charge in [-0.15, -0.1) is 0 Å². The summed E-state index contributed by atoms with van der Waals surface area (Å²) in [6.07, 6.45) is 6.09. The highest BCUT2D eigenvalue weighted by atomic mass is 16.4. The molecule has 1 heterocycles. The quantitative estimate of drug-likeness (QED) is 0.822. The lowest BCUT2D eigenvalue weighted by atomic mass is 10.1. The monoisotopic (exact) mass is 262 g/mol. The molecule has 1 saturated carbocycles. The normalized spacial score (nSPS) is 15.8. The van der Waals surface area contributed by atoms with E-state index in [-0.39, 0.29) is 17.6 Å². The largest absolute Gasteiger partial charge is 0.477 e. The number of carboxylic acids is 1. The summed E-state index contributed by atoms with van der Waals surface area (Å²) >= 11 is 0. The predicted molar refractivity (Wildman–Crippen MR) is 70.1 cm³/mol. The number of nitrogens with zero attached hydrogens (tertiary/aromatic N) is 1. The first kappa shape index (κ1) is 13.5. The molecular formula is C14H18N2O3. The standard InChI is InChI=1S/C14H18N2O3/c1-9(2-3-10-4-5-10)16-13(17)11-6-7-12(14(18)19)15-8-11/h6-10H,2-5H2,1H3,(H,16,17)(H,18,19). The van der Waals surface area contributed by atoms with Gasteiger partial charge in [0.2, 0.25) is 0 Å². The number of aromatic nitrogens is 1. The Kier molecular flexibility index (Phi) is 4.14. The highest BCUT2D eigenvalue weighted by Crippen LogP contribution is 2.33. The highest BCUT2D eigenvalue weighted by Gasteiger charge is 2.22. The van der Waals surface area contributed by atoms with Crippen LogP contribution in [0.15, 0.2) is 18.3 Å². The molecule has 1 aliphatic rings. The molecule has 0 bridgehead atoms. The molecule has 1 aromatic rings. The molecule has 19 heavy (non-hydrogen) atoms. The summed E-state index contributed by atoms with van der Waals surface area (Å²) in [6.45, 7) is 1.99. The van der Waals surface area contributed by atoms with E-state index >= 15 is 0 Å². The number of hydrogen-bond donors (Lipinski definition) is 2. The number of carbonyl (C=O) groups is 2. The molecule has 5 heteroatoms. The zero-order chi connectivity index (χ0) is 13.8. The lowest BCUT2D eigenvalue weighted by Crippen LogP contribution is -2.32. The maximum absolute atomic E-state index is 11.9. The SMILES string of the molecule is CC(CCC1CC1)NC(=O)c1ccc(C(=O)O)nc1. The molecule has 5 nitrogen and oxygen atoms in total. The van der Waals surface area contributed by atoms with E-state index in [2.05, 4.69) is 10.3 Å². The maximum atomic E-state index is 11.9. The van der Waals surface area contributed by atoms with E-state index < -0.39 is 5.97 Å². The van der Waals surface area contributed by atoms with Crippen LogP contribution in [0, 0.1) is 5.92 Å². The third-order valence-corrected chi connectivity index (χ3v) is 3.33. The van der Waals surface area contributed by atoms with Crippen LogP contribution in [0.3, 0.4) is 0 Å². The molecule has 0 spiro atoms. The van der Waals surface area contributed by atoms with Gasteiger partial charge in [-0.05, 0) is 37.8 Å². The molecule has 1 aromatic heterocycles. The molecule has 2 rings (SSSR count). The van der Waals surface area contributed by atoms with Crippen LogP contribution in [0.25, 0.3) is 0 Å². The molecule has 1 fully saturated rings. The summed E-state index contributed by atoms with van der Waals surface area (Å²) in [4.78, 5) is 26.3. The molecule has 0 aromatic carbocycles. The van der Waals surface area contributed by atoms with Crippen molar-refractivity contribution in [3.63, 3.8) is 0 Å². The van der Waals surface area contributed by atoms with Gasteiger partial charge >= 0.3 is 5.97 Å². The zero-order valence-electron chi connectivity index (χ0n) is 10.9. The van der Waals surface area contributed by atoms with E-state index in [1.807, 2.05) is 6.92 Å². The van der Waals surface area contributed by atoms with Crippen molar-refractivity contribution in [2.24, 2.45) is 5.92 Å². The van der Waals surface area contributed by atoms with Crippen LogP contribution in [0.1, 0.15) is 53.5 Å². The number of hydrogen-bond acceptors (Lipinski definition) is 3. The lowest BCUT2D eigenvalue weighted by molar-refractivity contribution is 0.0689. The number of amides is 1. The van der Waals surface area contributed by atoms with Crippen molar-refractivity contribution in [2.45, 2.75) is 38.6 Å². The van der Waals surface area contributed by atoms with Crippen molar-refractivity contribution >= 4 is 11.9 Å². The third kappa shape index (κ3) is 4.05. The second kappa shape index (κ2) is 5.82. The van der Waals surface area contributed by atoms with Crippen molar-refractivity contribution in [2.75, 3.05) is 0 Å². The number of carboxylic acid groups (broad SMARTS) is 1. The molecular weight excluding hydrogens is 244 g/mol. The van der Waals surface area contributed by atoms with Gasteiger partial charge < -0.3 is 10.4 Å². The minimum absolute atomic E-state index is 0.0571. The topological polar surface area (TPSA) is 79.3 Å². The van der Waals surface area contributed by atoms with Crippen LogP contribution in [-0.4, -0.2) is 28.0 Å². The van der Waals surface area contributed by atoms with E-state index in [0.717, 1.165) is 18.8 Å². The fourth-order valence-corrected chi connectivity index (χ4v) is 1.93. The number of rotatable bonds is 6. The van der Waals surface area contributed by atoms with E-state index in [0.29, 0.717) is 5.56 Å². The van der Waals surface area contributed by atoms with E-state index in [1.54, 1.807) is 0 Å². The lowest BCUT2D eigenvalue weighted by Gasteiger charge is -2.13. The Morgan fingerprint density at radius 3 is 2.74 bits per heavy atom. The summed E-state index contributed by atoms with van der Waals surface area (Å²) in [5.41, 5.74) is 0.335. The first-order chi connectivity index (χ1) is 9.06. The van der Waals surface area contributed by atoms with Crippen LogP contribution >= 0.6 is 0 Å². The molecule has 1 amide bonds. The minimum Gasteiger partial charge on any atom is -0.477 e. The Hall–Kier alpha value is -1.91. The smallest absolute Gasteiger partial charge is 0.354 e. The van der Waals surface area contributed by atoms with Gasteiger partial charge in [0.05, 0.1) is 5.56 Å².